The van der Waals surface area contributed by atoms with E-state index in [1.54, 1.807) is 0 Å². The lowest BCUT2D eigenvalue weighted by Gasteiger charge is -2.10. The fourth-order valence-electron chi connectivity index (χ4n) is 2.11. The van der Waals surface area contributed by atoms with Gasteiger partial charge in [-0.1, -0.05) is 11.6 Å². The number of carbonyl (C=O) groups excluding carboxylic acids is 1. The fraction of sp³-hybridized carbons (Fsp3) is 0.176. The summed E-state index contributed by atoms with van der Waals surface area (Å²) in [6.07, 6.45) is -3.48. The molecule has 160 valence electrons. The fourth-order valence-corrected chi connectivity index (χ4v) is 3.10. The number of nitro groups is 1. The SMILES string of the molecule is COC(=O)COc1c(Cl)cc(/C=N\Nc2ccc(C(F)(F)F)cc2[N+](=O)[O-])cc1Br. The van der Waals surface area contributed by atoms with Gasteiger partial charge >= 0.3 is 12.1 Å². The van der Waals surface area contributed by atoms with Crippen LogP contribution in [0.15, 0.2) is 39.9 Å². The number of esters is 1. The van der Waals surface area contributed by atoms with Crippen LogP contribution in [-0.2, 0) is 15.7 Å². The molecular weight excluding hydrogens is 499 g/mol. The Morgan fingerprint density at radius 2 is 2.07 bits per heavy atom. The predicted molar refractivity (Wildman–Crippen MR) is 106 cm³/mol. The summed E-state index contributed by atoms with van der Waals surface area (Å²) in [6, 6.07) is 4.99. The molecule has 0 radical (unpaired) electrons. The number of hydrogen-bond donors (Lipinski definition) is 1. The van der Waals surface area contributed by atoms with Crippen LogP contribution in [0.3, 0.4) is 0 Å². The molecule has 0 heterocycles. The first kappa shape index (κ1) is 23.4. The van der Waals surface area contributed by atoms with Crippen molar-refractivity contribution >= 4 is 51.1 Å². The van der Waals surface area contributed by atoms with Crippen molar-refractivity contribution in [2.24, 2.45) is 5.10 Å². The van der Waals surface area contributed by atoms with Crippen LogP contribution < -0.4 is 10.2 Å². The number of hydrogen-bond acceptors (Lipinski definition) is 7. The number of hydrazone groups is 1. The van der Waals surface area contributed by atoms with E-state index in [2.05, 4.69) is 31.2 Å². The maximum Gasteiger partial charge on any atom is 0.416 e. The summed E-state index contributed by atoms with van der Waals surface area (Å²) in [5.74, 6) is -0.420. The van der Waals surface area contributed by atoms with Crippen molar-refractivity contribution in [2.45, 2.75) is 6.18 Å². The smallest absolute Gasteiger partial charge is 0.416 e. The summed E-state index contributed by atoms with van der Waals surface area (Å²) in [5.41, 5.74) is 0.598. The Hall–Kier alpha value is -2.86. The van der Waals surface area contributed by atoms with Crippen LogP contribution in [0.25, 0.3) is 0 Å². The van der Waals surface area contributed by atoms with Crippen LogP contribution in [0.5, 0.6) is 5.75 Å². The van der Waals surface area contributed by atoms with E-state index in [1.165, 1.54) is 25.5 Å². The van der Waals surface area contributed by atoms with Crippen molar-refractivity contribution in [1.82, 2.24) is 0 Å². The lowest BCUT2D eigenvalue weighted by molar-refractivity contribution is -0.384. The molecule has 0 aliphatic rings. The van der Waals surface area contributed by atoms with Gasteiger partial charge in [0.25, 0.3) is 5.69 Å². The molecule has 0 bridgehead atoms. The van der Waals surface area contributed by atoms with Crippen molar-refractivity contribution < 1.29 is 32.4 Å². The highest BCUT2D eigenvalue weighted by atomic mass is 79.9. The van der Waals surface area contributed by atoms with E-state index in [0.717, 1.165) is 6.07 Å². The molecule has 0 atom stereocenters. The van der Waals surface area contributed by atoms with E-state index in [-0.39, 0.29) is 23.1 Å². The van der Waals surface area contributed by atoms with Crippen LogP contribution in [0.2, 0.25) is 5.02 Å². The molecule has 1 N–H and O–H groups in total. The van der Waals surface area contributed by atoms with Crippen molar-refractivity contribution in [2.75, 3.05) is 19.1 Å². The monoisotopic (exact) mass is 509 g/mol. The Balaban J connectivity index is 2.19. The molecule has 30 heavy (non-hydrogen) atoms. The first-order valence-corrected chi connectivity index (χ1v) is 9.03. The van der Waals surface area contributed by atoms with Gasteiger partial charge < -0.3 is 9.47 Å². The number of alkyl halides is 3. The summed E-state index contributed by atoms with van der Waals surface area (Å²) in [6.45, 7) is -0.360. The molecule has 0 aliphatic heterocycles. The summed E-state index contributed by atoms with van der Waals surface area (Å²) < 4.78 is 48.3. The number of nitro benzene ring substituents is 1. The van der Waals surface area contributed by atoms with Crippen LogP contribution in [0.4, 0.5) is 24.5 Å². The van der Waals surface area contributed by atoms with E-state index in [4.69, 9.17) is 16.3 Å². The average molecular weight is 511 g/mol. The van der Waals surface area contributed by atoms with E-state index in [9.17, 15) is 28.1 Å². The normalized spacial score (nSPS) is 11.4. The van der Waals surface area contributed by atoms with E-state index in [1.807, 2.05) is 0 Å². The molecule has 0 amide bonds. The van der Waals surface area contributed by atoms with Gasteiger partial charge in [-0.05, 0) is 45.8 Å². The van der Waals surface area contributed by atoms with Crippen LogP contribution in [-0.4, -0.2) is 30.8 Å². The zero-order chi connectivity index (χ0) is 22.5. The second-order valence-electron chi connectivity index (χ2n) is 5.54. The second kappa shape index (κ2) is 9.76. The predicted octanol–water partition coefficient (Wildman–Crippen LogP) is 5.03. The standard InChI is InChI=1S/C17H12BrClF3N3O5/c1-29-15(26)8-30-16-11(18)4-9(5-12(16)19)7-23-24-13-3-2-10(17(20,21)22)6-14(13)25(27)28/h2-7,24H,8H2,1H3/b23-7-. The van der Waals surface area contributed by atoms with Gasteiger partial charge in [-0.15, -0.1) is 0 Å². The molecule has 0 spiro atoms. The molecule has 0 aromatic heterocycles. The molecule has 8 nitrogen and oxygen atoms in total. The summed E-state index contributed by atoms with van der Waals surface area (Å²) in [4.78, 5) is 21.3. The highest BCUT2D eigenvalue weighted by Crippen LogP contribution is 2.36. The minimum Gasteiger partial charge on any atom is -0.479 e. The molecule has 2 aromatic carbocycles. The van der Waals surface area contributed by atoms with E-state index in [0.29, 0.717) is 22.2 Å². The first-order chi connectivity index (χ1) is 14.0. The lowest BCUT2D eigenvalue weighted by Crippen LogP contribution is -2.13. The Morgan fingerprint density at radius 1 is 1.37 bits per heavy atom. The van der Waals surface area contributed by atoms with Gasteiger partial charge in [-0.25, -0.2) is 4.79 Å². The van der Waals surface area contributed by atoms with Gasteiger partial charge in [-0.2, -0.15) is 18.3 Å². The zero-order valence-electron chi connectivity index (χ0n) is 15.0. The Bertz CT molecular complexity index is 978. The van der Waals surface area contributed by atoms with Crippen molar-refractivity contribution in [3.8, 4) is 5.75 Å². The zero-order valence-corrected chi connectivity index (χ0v) is 17.3. The molecule has 0 fully saturated rings. The van der Waals surface area contributed by atoms with Gasteiger partial charge in [0.1, 0.15) is 5.69 Å². The van der Waals surface area contributed by atoms with Crippen molar-refractivity contribution in [1.29, 1.82) is 0 Å². The molecule has 0 saturated heterocycles. The highest BCUT2D eigenvalue weighted by Gasteiger charge is 2.33. The average Bonchev–Trinajstić information content (AvgIpc) is 2.66. The van der Waals surface area contributed by atoms with Gasteiger partial charge in [-0.3, -0.25) is 15.5 Å². The van der Waals surface area contributed by atoms with Gasteiger partial charge in [0.05, 0.1) is 33.3 Å². The number of halogens is 5. The summed E-state index contributed by atoms with van der Waals surface area (Å²) in [7, 11) is 1.20. The number of anilines is 1. The van der Waals surface area contributed by atoms with Crippen LogP contribution in [0, 0.1) is 10.1 Å². The second-order valence-corrected chi connectivity index (χ2v) is 6.80. The van der Waals surface area contributed by atoms with Crippen LogP contribution in [0.1, 0.15) is 11.1 Å². The molecule has 0 saturated carbocycles. The van der Waals surface area contributed by atoms with Gasteiger partial charge in [0.2, 0.25) is 0 Å². The Kier molecular flexibility index (Phi) is 7.62. The summed E-state index contributed by atoms with van der Waals surface area (Å²) in [5, 5.41) is 15.0. The van der Waals surface area contributed by atoms with Crippen LogP contribution >= 0.6 is 27.5 Å². The Labute approximate surface area is 180 Å². The third-order valence-corrected chi connectivity index (χ3v) is 4.37. The van der Waals surface area contributed by atoms with E-state index < -0.39 is 28.3 Å². The minimum absolute atomic E-state index is 0.134. The molecule has 2 rings (SSSR count). The quantitative estimate of drug-likeness (QED) is 0.243. The van der Waals surface area contributed by atoms with Crippen molar-refractivity contribution in [3.63, 3.8) is 0 Å². The molecular formula is C17H12BrClF3N3O5. The number of ether oxygens (including phenoxy) is 2. The molecule has 0 aliphatic carbocycles. The lowest BCUT2D eigenvalue weighted by atomic mass is 10.1. The third-order valence-electron chi connectivity index (χ3n) is 3.50. The molecule has 0 unspecified atom stereocenters. The largest absolute Gasteiger partial charge is 0.479 e. The molecule has 2 aromatic rings. The maximum absolute atomic E-state index is 12.7. The molecule has 13 heteroatoms. The number of rotatable bonds is 7. The van der Waals surface area contributed by atoms with Gasteiger partial charge in [0, 0.05) is 6.07 Å². The number of carbonyl (C=O) groups is 1. The van der Waals surface area contributed by atoms with Gasteiger partial charge in [0.15, 0.2) is 12.4 Å². The number of benzene rings is 2. The highest BCUT2D eigenvalue weighted by molar-refractivity contribution is 9.10. The maximum atomic E-state index is 12.7. The first-order valence-electron chi connectivity index (χ1n) is 7.86. The third kappa shape index (κ3) is 6.07. The topological polar surface area (TPSA) is 103 Å². The Morgan fingerprint density at radius 3 is 2.63 bits per heavy atom. The number of methoxy groups -OCH3 is 1. The summed E-state index contributed by atoms with van der Waals surface area (Å²) >= 11 is 9.32. The number of nitrogens with one attached hydrogen (secondary N) is 1. The van der Waals surface area contributed by atoms with E-state index >= 15 is 0 Å². The number of nitrogens with zero attached hydrogens (tertiary/aromatic N) is 2. The van der Waals surface area contributed by atoms with Crippen molar-refractivity contribution in [3.05, 3.63) is 61.1 Å². The minimum atomic E-state index is -4.72.